The first-order chi connectivity index (χ1) is 37.9. The minimum atomic E-state index is -1.06. The van der Waals surface area contributed by atoms with Crippen LogP contribution in [0.3, 0.4) is 0 Å². The molecule has 80 heavy (non-hydrogen) atoms. The van der Waals surface area contributed by atoms with E-state index in [0.29, 0.717) is 12.0 Å². The van der Waals surface area contributed by atoms with Crippen molar-refractivity contribution in [1.82, 2.24) is 5.32 Å². The SMILES string of the molecule is CC(C)(C)OC(=O)OC(=O)OC(C)(C)C.CCC1(c2ccc(N)cc2)CCCC1.CCCCCCNC(=O)Nc1ccc(C2(CN)CCCC2)cc1.N#CC1(c2ccc([N+](=O)[O-])cc2)CCCC1.N#CCc1ccc([N+](=O)[O-])cc1. The number of nitro benzene ring substituents is 2. The molecular weight excluding hydrogens is 1020 g/mol. The molecule has 3 saturated carbocycles. The average molecular weight is 1100 g/mol. The molecule has 6 N–H and O–H groups in total. The van der Waals surface area contributed by atoms with Gasteiger partial charge in [-0.3, -0.25) is 20.2 Å². The summed E-state index contributed by atoms with van der Waals surface area (Å²) in [6.07, 6.45) is 18.3. The van der Waals surface area contributed by atoms with Crippen molar-refractivity contribution in [3.63, 3.8) is 0 Å². The molecule has 0 spiro atoms. The maximum Gasteiger partial charge on any atom is 0.519 e. The number of anilines is 2. The van der Waals surface area contributed by atoms with Crippen LogP contribution in [0.15, 0.2) is 97.1 Å². The first kappa shape index (κ1) is 66.7. The highest BCUT2D eigenvalue weighted by Crippen LogP contribution is 2.44. The summed E-state index contributed by atoms with van der Waals surface area (Å²) in [5.41, 5.74) is 16.9. The quantitative estimate of drug-likeness (QED) is 0.0228. The average Bonchev–Trinajstić information content (AvgIpc) is 4.23. The number of benzene rings is 4. The molecule has 7 rings (SSSR count). The lowest BCUT2D eigenvalue weighted by atomic mass is 9.77. The standard InChI is InChI=1S/C19H31N3O.C13H19N.C12H12N2O2.C10H18O5.C8H6N2O2/c1-2-3-4-7-14-21-18(23)22-17-10-8-16(9-11-17)19(15-20)12-5-6-13-19;1-2-13(9-3-4-10-13)11-5-7-12(14)8-6-11;13-9-12(7-1-2-8-12)10-3-5-11(6-4-10)14(15)16;1-9(2,3)14-7(11)13-8(12)15-10(4,5)6;9-6-5-7-1-3-8(4-2-7)10(11)12/h8-11H,2-7,12-15,20H2,1H3,(H2,21,22,23);5-8H,2-4,9-10,14H2,1H3;3-6H,1-2,7-8H2;1-6H3;1-4H,5H2. The molecule has 18 nitrogen and oxygen atoms in total. The van der Waals surface area contributed by atoms with Gasteiger partial charge in [0, 0.05) is 54.1 Å². The smallest absolute Gasteiger partial charge is 0.428 e. The molecule has 4 aromatic rings. The van der Waals surface area contributed by atoms with Crippen LogP contribution in [0.25, 0.3) is 0 Å². The van der Waals surface area contributed by atoms with Crippen LogP contribution in [0.5, 0.6) is 0 Å². The molecule has 3 aliphatic rings. The Labute approximate surface area is 473 Å². The molecule has 3 aliphatic carbocycles. The Morgan fingerprint density at radius 2 is 1.06 bits per heavy atom. The summed E-state index contributed by atoms with van der Waals surface area (Å²) in [6, 6.07) is 33.3. The normalized spacial score (nSPS) is 15.3. The van der Waals surface area contributed by atoms with Gasteiger partial charge in [-0.2, -0.15) is 10.5 Å². The molecule has 0 radical (unpaired) electrons. The number of carbonyl (C=O) groups excluding carboxylic acids is 3. The minimum absolute atomic E-state index is 0.0525. The molecule has 18 heteroatoms. The number of nitrogens with zero attached hydrogens (tertiary/aromatic N) is 4. The van der Waals surface area contributed by atoms with Crippen molar-refractivity contribution in [2.45, 2.75) is 198 Å². The summed E-state index contributed by atoms with van der Waals surface area (Å²) in [6.45, 7) is 16.0. The van der Waals surface area contributed by atoms with E-state index in [1.807, 2.05) is 30.3 Å². The van der Waals surface area contributed by atoms with Gasteiger partial charge in [-0.25, -0.2) is 14.4 Å². The zero-order valence-electron chi connectivity index (χ0n) is 48.4. The van der Waals surface area contributed by atoms with Gasteiger partial charge >= 0.3 is 18.3 Å². The Kier molecular flexibility index (Phi) is 27.1. The van der Waals surface area contributed by atoms with Crippen molar-refractivity contribution in [3.8, 4) is 12.1 Å². The van der Waals surface area contributed by atoms with Gasteiger partial charge in [-0.05, 0) is 145 Å². The third kappa shape index (κ3) is 22.7. The van der Waals surface area contributed by atoms with Gasteiger partial charge in [-0.15, -0.1) is 0 Å². The summed E-state index contributed by atoms with van der Waals surface area (Å²) in [5, 5.41) is 44.1. The molecule has 434 valence electrons. The maximum atomic E-state index is 11.9. The van der Waals surface area contributed by atoms with E-state index in [9.17, 15) is 39.9 Å². The van der Waals surface area contributed by atoms with E-state index in [4.69, 9.17) is 26.2 Å². The molecule has 0 atom stereocenters. The molecule has 0 unspecified atom stereocenters. The largest absolute Gasteiger partial charge is 0.519 e. The Morgan fingerprint density at radius 1 is 0.625 bits per heavy atom. The number of urea groups is 1. The molecule has 0 aliphatic heterocycles. The van der Waals surface area contributed by atoms with E-state index in [-0.39, 0.29) is 29.2 Å². The number of non-ortho nitro benzene ring substituents is 2. The molecule has 3 fully saturated rings. The Hall–Kier alpha value is -7.57. The number of nitro groups is 2. The lowest BCUT2D eigenvalue weighted by molar-refractivity contribution is -0.385. The second kappa shape index (κ2) is 32.5. The van der Waals surface area contributed by atoms with E-state index in [0.717, 1.165) is 61.2 Å². The van der Waals surface area contributed by atoms with Crippen molar-refractivity contribution < 1.29 is 38.4 Å². The second-order valence-corrected chi connectivity index (χ2v) is 22.7. The molecule has 0 heterocycles. The number of ether oxygens (including phenoxy) is 3. The van der Waals surface area contributed by atoms with Gasteiger partial charge in [0.2, 0.25) is 0 Å². The van der Waals surface area contributed by atoms with Crippen LogP contribution in [0.4, 0.5) is 37.1 Å². The number of nitrogens with one attached hydrogen (secondary N) is 2. The van der Waals surface area contributed by atoms with Crippen LogP contribution < -0.4 is 22.1 Å². The lowest BCUT2D eigenvalue weighted by Crippen LogP contribution is -2.32. The van der Waals surface area contributed by atoms with E-state index in [2.05, 4.69) is 59.6 Å². The van der Waals surface area contributed by atoms with Crippen LogP contribution in [-0.2, 0) is 36.9 Å². The molecule has 0 saturated heterocycles. The van der Waals surface area contributed by atoms with Crippen molar-refractivity contribution in [1.29, 1.82) is 10.5 Å². The minimum Gasteiger partial charge on any atom is -0.428 e. The van der Waals surface area contributed by atoms with Crippen molar-refractivity contribution >= 4 is 41.1 Å². The highest BCUT2D eigenvalue weighted by molar-refractivity contribution is 5.89. The Morgan fingerprint density at radius 3 is 1.49 bits per heavy atom. The van der Waals surface area contributed by atoms with Gasteiger partial charge in [0.25, 0.3) is 11.4 Å². The third-order valence-corrected chi connectivity index (χ3v) is 14.5. The zero-order chi connectivity index (χ0) is 59.4. The summed E-state index contributed by atoms with van der Waals surface area (Å²) in [7, 11) is 0. The van der Waals surface area contributed by atoms with Gasteiger partial charge in [0.15, 0.2) is 0 Å². The second-order valence-electron chi connectivity index (χ2n) is 22.7. The zero-order valence-corrected chi connectivity index (χ0v) is 48.4. The predicted molar refractivity (Wildman–Crippen MR) is 313 cm³/mol. The van der Waals surface area contributed by atoms with E-state index in [1.54, 1.807) is 65.8 Å². The van der Waals surface area contributed by atoms with Crippen LogP contribution in [0.2, 0.25) is 0 Å². The number of nitrogen functional groups attached to an aromatic ring is 1. The number of nitriles is 2. The fourth-order valence-electron chi connectivity index (χ4n) is 10.0. The molecule has 2 amide bonds. The van der Waals surface area contributed by atoms with Crippen molar-refractivity contribution in [2.75, 3.05) is 24.1 Å². The summed E-state index contributed by atoms with van der Waals surface area (Å²) in [5.74, 6) is 0. The molecular formula is C62H86N8O10. The van der Waals surface area contributed by atoms with E-state index >= 15 is 0 Å². The fourth-order valence-corrected chi connectivity index (χ4v) is 10.0. The number of nitrogens with two attached hydrogens (primary N) is 2. The molecule has 4 aromatic carbocycles. The van der Waals surface area contributed by atoms with E-state index < -0.39 is 38.8 Å². The van der Waals surface area contributed by atoms with Crippen LogP contribution in [0.1, 0.15) is 187 Å². The molecule has 0 aromatic heterocycles. The van der Waals surface area contributed by atoms with Gasteiger partial charge in [0.05, 0.1) is 33.8 Å². The highest BCUT2D eigenvalue weighted by Gasteiger charge is 2.37. The number of rotatable bonds is 14. The number of amides is 2. The van der Waals surface area contributed by atoms with Gasteiger partial charge in [0.1, 0.15) is 11.2 Å². The number of carbonyl (C=O) groups is 3. The van der Waals surface area contributed by atoms with E-state index in [1.165, 1.54) is 112 Å². The predicted octanol–water partition coefficient (Wildman–Crippen LogP) is 15.1. The van der Waals surface area contributed by atoms with Crippen LogP contribution in [0, 0.1) is 42.9 Å². The first-order valence-corrected chi connectivity index (χ1v) is 28.0. The number of hydrogen-bond donors (Lipinski definition) is 4. The topological polar surface area (TPSA) is 289 Å². The Bertz CT molecular complexity index is 2610. The van der Waals surface area contributed by atoms with Crippen LogP contribution in [-0.4, -0.2) is 52.5 Å². The number of unbranched alkanes of at least 4 members (excludes halogenated alkanes) is 3. The summed E-state index contributed by atoms with van der Waals surface area (Å²) < 4.78 is 13.8. The highest BCUT2D eigenvalue weighted by atomic mass is 16.8. The summed E-state index contributed by atoms with van der Waals surface area (Å²) >= 11 is 0. The molecule has 0 bridgehead atoms. The van der Waals surface area contributed by atoms with Gasteiger partial charge < -0.3 is 36.3 Å². The number of hydrogen-bond acceptors (Lipinski definition) is 14. The van der Waals surface area contributed by atoms with Crippen molar-refractivity contribution in [2.24, 2.45) is 5.73 Å². The first-order valence-electron chi connectivity index (χ1n) is 28.0. The van der Waals surface area contributed by atoms with Crippen molar-refractivity contribution in [3.05, 3.63) is 140 Å². The van der Waals surface area contributed by atoms with Gasteiger partial charge in [-0.1, -0.05) is 120 Å². The third-order valence-electron chi connectivity index (χ3n) is 14.5. The maximum absolute atomic E-state index is 11.9. The monoisotopic (exact) mass is 1100 g/mol. The summed E-state index contributed by atoms with van der Waals surface area (Å²) in [4.78, 5) is 53.7. The van der Waals surface area contributed by atoms with Crippen LogP contribution >= 0.6 is 0 Å². The Balaban J connectivity index is 0.000000268. The fraction of sp³-hybridized carbons (Fsp3) is 0.532. The lowest BCUT2D eigenvalue weighted by Gasteiger charge is -2.28.